The molecule has 3 aliphatic heterocycles. The number of amides is 1. The lowest BCUT2D eigenvalue weighted by Crippen LogP contribution is -2.41. The number of fused-ring (bicyclic) bond motifs is 1. The Labute approximate surface area is 160 Å². The monoisotopic (exact) mass is 375 g/mol. The van der Waals surface area contributed by atoms with E-state index in [1.165, 1.54) is 0 Å². The van der Waals surface area contributed by atoms with Gasteiger partial charge in [-0.3, -0.25) is 9.80 Å². The van der Waals surface area contributed by atoms with Crippen molar-refractivity contribution in [3.05, 3.63) is 18.1 Å². The number of hydrogen-bond acceptors (Lipinski definition) is 7. The van der Waals surface area contributed by atoms with E-state index in [-0.39, 0.29) is 18.2 Å². The first kappa shape index (κ1) is 18.4. The molecule has 1 amide bonds. The van der Waals surface area contributed by atoms with E-state index in [0.717, 1.165) is 63.7 Å². The number of aromatic nitrogens is 2. The Hall–Kier alpha value is -1.93. The molecule has 148 valence electrons. The number of nitrogens with zero attached hydrogens (tertiary/aromatic N) is 5. The van der Waals surface area contributed by atoms with Crippen LogP contribution in [0.1, 0.15) is 31.7 Å². The SMILES string of the molecule is CC(C)c1cncnc1N1C[C@@H]2OC(=O)N(CCCN3CCOCC3)[C@@H]2C1. The smallest absolute Gasteiger partial charge is 0.410 e. The molecule has 0 spiro atoms. The summed E-state index contributed by atoms with van der Waals surface area (Å²) < 4.78 is 11.1. The predicted octanol–water partition coefficient (Wildman–Crippen LogP) is 1.33. The molecule has 27 heavy (non-hydrogen) atoms. The summed E-state index contributed by atoms with van der Waals surface area (Å²) in [6.45, 7) is 11.1. The molecule has 0 radical (unpaired) electrons. The van der Waals surface area contributed by atoms with Crippen molar-refractivity contribution in [1.82, 2.24) is 19.8 Å². The maximum atomic E-state index is 12.3. The van der Waals surface area contributed by atoms with Gasteiger partial charge in [0.1, 0.15) is 18.2 Å². The lowest BCUT2D eigenvalue weighted by molar-refractivity contribution is 0.0363. The first-order chi connectivity index (χ1) is 13.1. The van der Waals surface area contributed by atoms with E-state index in [0.29, 0.717) is 12.5 Å². The van der Waals surface area contributed by atoms with Crippen LogP contribution in [0.2, 0.25) is 0 Å². The highest BCUT2D eigenvalue weighted by molar-refractivity contribution is 5.71. The number of anilines is 1. The van der Waals surface area contributed by atoms with Crippen molar-refractivity contribution in [3.8, 4) is 0 Å². The van der Waals surface area contributed by atoms with Crippen molar-refractivity contribution in [2.75, 3.05) is 57.4 Å². The first-order valence-electron chi connectivity index (χ1n) is 9.95. The van der Waals surface area contributed by atoms with Gasteiger partial charge in [0.25, 0.3) is 0 Å². The molecule has 3 fully saturated rings. The Kier molecular flexibility index (Phi) is 5.45. The van der Waals surface area contributed by atoms with Crippen molar-refractivity contribution in [2.24, 2.45) is 0 Å². The molecule has 0 unspecified atom stereocenters. The van der Waals surface area contributed by atoms with Crippen LogP contribution in [0.25, 0.3) is 0 Å². The van der Waals surface area contributed by atoms with E-state index in [9.17, 15) is 4.79 Å². The van der Waals surface area contributed by atoms with Gasteiger partial charge in [0.05, 0.1) is 25.8 Å². The maximum absolute atomic E-state index is 12.3. The third-order valence-corrected chi connectivity index (χ3v) is 5.74. The molecule has 3 aliphatic rings. The Balaban J connectivity index is 1.37. The summed E-state index contributed by atoms with van der Waals surface area (Å²) in [4.78, 5) is 27.6. The number of morpholine rings is 1. The standard InChI is InChI=1S/C19H29N5O3/c1-14(2)15-10-20-13-21-18(15)23-11-16-17(12-23)27-19(25)24(16)5-3-4-22-6-8-26-9-7-22/h10,13-14,16-17H,3-9,11-12H2,1-2H3/t16-,17+/m1/s1. The van der Waals surface area contributed by atoms with Crippen LogP contribution in [0.5, 0.6) is 0 Å². The average molecular weight is 375 g/mol. The molecule has 0 N–H and O–H groups in total. The van der Waals surface area contributed by atoms with Gasteiger partial charge in [0, 0.05) is 44.5 Å². The number of carbonyl (C=O) groups excluding carboxylic acids is 1. The van der Waals surface area contributed by atoms with Crippen molar-refractivity contribution in [2.45, 2.75) is 38.3 Å². The molecule has 1 aromatic heterocycles. The van der Waals surface area contributed by atoms with Gasteiger partial charge in [0.15, 0.2) is 0 Å². The lowest BCUT2D eigenvalue weighted by Gasteiger charge is -2.28. The summed E-state index contributed by atoms with van der Waals surface area (Å²) in [6, 6.07) is 0.108. The molecule has 0 aromatic carbocycles. The zero-order valence-electron chi connectivity index (χ0n) is 16.2. The third kappa shape index (κ3) is 3.87. The number of carbonyl (C=O) groups is 1. The van der Waals surface area contributed by atoms with Crippen molar-refractivity contribution in [3.63, 3.8) is 0 Å². The van der Waals surface area contributed by atoms with Crippen LogP contribution in [0.15, 0.2) is 12.5 Å². The highest BCUT2D eigenvalue weighted by Gasteiger charge is 2.48. The molecule has 8 nitrogen and oxygen atoms in total. The molecule has 4 rings (SSSR count). The van der Waals surface area contributed by atoms with Crippen molar-refractivity contribution in [1.29, 1.82) is 0 Å². The zero-order valence-corrected chi connectivity index (χ0v) is 16.2. The second-order valence-electron chi connectivity index (χ2n) is 7.85. The van der Waals surface area contributed by atoms with Gasteiger partial charge < -0.3 is 14.4 Å². The minimum atomic E-state index is -0.168. The second kappa shape index (κ2) is 7.98. The normalized spacial score (nSPS) is 26.0. The van der Waals surface area contributed by atoms with Crippen LogP contribution in [-0.4, -0.2) is 90.5 Å². The largest absolute Gasteiger partial charge is 0.442 e. The average Bonchev–Trinajstić information content (AvgIpc) is 3.21. The Bertz CT molecular complexity index is 665. The van der Waals surface area contributed by atoms with Gasteiger partial charge in [-0.2, -0.15) is 0 Å². The molecule has 0 saturated carbocycles. The van der Waals surface area contributed by atoms with E-state index in [1.54, 1.807) is 6.33 Å². The van der Waals surface area contributed by atoms with Crippen LogP contribution in [0, 0.1) is 0 Å². The fourth-order valence-electron chi connectivity index (χ4n) is 4.23. The summed E-state index contributed by atoms with van der Waals surface area (Å²) in [5.74, 6) is 1.33. The van der Waals surface area contributed by atoms with E-state index in [2.05, 4.69) is 33.6 Å². The van der Waals surface area contributed by atoms with Crippen LogP contribution in [-0.2, 0) is 9.47 Å². The van der Waals surface area contributed by atoms with Gasteiger partial charge in [-0.15, -0.1) is 0 Å². The van der Waals surface area contributed by atoms with Gasteiger partial charge in [0.2, 0.25) is 0 Å². The molecule has 3 saturated heterocycles. The van der Waals surface area contributed by atoms with Crippen LogP contribution >= 0.6 is 0 Å². The number of hydrogen-bond donors (Lipinski definition) is 0. The van der Waals surface area contributed by atoms with Gasteiger partial charge in [-0.05, 0) is 12.3 Å². The molecule has 8 heteroatoms. The number of ether oxygens (including phenoxy) is 2. The van der Waals surface area contributed by atoms with E-state index < -0.39 is 0 Å². The summed E-state index contributed by atoms with van der Waals surface area (Å²) in [7, 11) is 0. The van der Waals surface area contributed by atoms with Gasteiger partial charge >= 0.3 is 6.09 Å². The molecule has 2 atom stereocenters. The Morgan fingerprint density at radius 1 is 1.22 bits per heavy atom. The van der Waals surface area contributed by atoms with E-state index >= 15 is 0 Å². The Morgan fingerprint density at radius 2 is 2.04 bits per heavy atom. The molecule has 4 heterocycles. The zero-order chi connectivity index (χ0) is 18.8. The maximum Gasteiger partial charge on any atom is 0.410 e. The van der Waals surface area contributed by atoms with Gasteiger partial charge in [-0.1, -0.05) is 13.8 Å². The summed E-state index contributed by atoms with van der Waals surface area (Å²) in [5.41, 5.74) is 1.14. The summed E-state index contributed by atoms with van der Waals surface area (Å²) in [6.07, 6.45) is 4.21. The molecule has 0 aliphatic carbocycles. The summed E-state index contributed by atoms with van der Waals surface area (Å²) in [5, 5.41) is 0. The number of rotatable bonds is 6. The second-order valence-corrected chi connectivity index (χ2v) is 7.85. The minimum absolute atomic E-state index is 0.0733. The van der Waals surface area contributed by atoms with Crippen molar-refractivity contribution < 1.29 is 14.3 Å². The molecular formula is C19H29N5O3. The highest BCUT2D eigenvalue weighted by atomic mass is 16.6. The van der Waals surface area contributed by atoms with Crippen LogP contribution in [0.4, 0.5) is 10.6 Å². The summed E-state index contributed by atoms with van der Waals surface area (Å²) >= 11 is 0. The van der Waals surface area contributed by atoms with E-state index in [1.807, 2.05) is 11.1 Å². The minimum Gasteiger partial charge on any atom is -0.442 e. The van der Waals surface area contributed by atoms with E-state index in [4.69, 9.17) is 9.47 Å². The Morgan fingerprint density at radius 3 is 2.81 bits per heavy atom. The topological polar surface area (TPSA) is 71.0 Å². The highest BCUT2D eigenvalue weighted by Crippen LogP contribution is 2.32. The quantitative estimate of drug-likeness (QED) is 0.743. The molecular weight excluding hydrogens is 346 g/mol. The fraction of sp³-hybridized carbons (Fsp3) is 0.737. The predicted molar refractivity (Wildman–Crippen MR) is 101 cm³/mol. The van der Waals surface area contributed by atoms with Gasteiger partial charge in [-0.25, -0.2) is 14.8 Å². The van der Waals surface area contributed by atoms with Crippen LogP contribution < -0.4 is 4.90 Å². The first-order valence-corrected chi connectivity index (χ1v) is 9.95. The molecule has 0 bridgehead atoms. The lowest BCUT2D eigenvalue weighted by atomic mass is 10.1. The fourth-order valence-corrected chi connectivity index (χ4v) is 4.23. The molecule has 1 aromatic rings. The third-order valence-electron chi connectivity index (χ3n) is 5.74. The van der Waals surface area contributed by atoms with Crippen LogP contribution in [0.3, 0.4) is 0 Å². The van der Waals surface area contributed by atoms with Crippen molar-refractivity contribution >= 4 is 11.9 Å².